The van der Waals surface area contributed by atoms with Crippen molar-refractivity contribution < 1.29 is 14.3 Å². The number of nitrogens with one attached hydrogen (secondary N) is 1. The lowest BCUT2D eigenvalue weighted by atomic mass is 10.1. The van der Waals surface area contributed by atoms with E-state index in [0.717, 1.165) is 23.3 Å². The van der Waals surface area contributed by atoms with E-state index in [1.54, 1.807) is 31.1 Å². The number of carbonyl (C=O) groups excluding carboxylic acids is 2. The van der Waals surface area contributed by atoms with Gasteiger partial charge in [-0.15, -0.1) is 11.8 Å². The number of thioether (sulfide) groups is 1. The van der Waals surface area contributed by atoms with Gasteiger partial charge in [0.15, 0.2) is 0 Å². The molecular formula is C23H29ClN2O3S. The third-order valence-corrected chi connectivity index (χ3v) is 5.88. The van der Waals surface area contributed by atoms with Crippen molar-refractivity contribution in [2.24, 2.45) is 0 Å². The molecule has 0 bridgehead atoms. The fraction of sp³-hybridized carbons (Fsp3) is 0.391. The van der Waals surface area contributed by atoms with E-state index in [-0.39, 0.29) is 11.8 Å². The highest BCUT2D eigenvalue weighted by atomic mass is 35.5. The van der Waals surface area contributed by atoms with Gasteiger partial charge in [-0.25, -0.2) is 0 Å². The van der Waals surface area contributed by atoms with Crippen LogP contribution in [0.4, 0.5) is 0 Å². The Morgan fingerprint density at radius 3 is 2.33 bits per heavy atom. The zero-order valence-electron chi connectivity index (χ0n) is 17.7. The van der Waals surface area contributed by atoms with E-state index in [4.69, 9.17) is 16.3 Å². The van der Waals surface area contributed by atoms with Crippen LogP contribution in [0.15, 0.2) is 48.5 Å². The Morgan fingerprint density at radius 1 is 1.10 bits per heavy atom. The van der Waals surface area contributed by atoms with Gasteiger partial charge in [0.25, 0.3) is 0 Å². The summed E-state index contributed by atoms with van der Waals surface area (Å²) in [7, 11) is 1.63. The molecule has 1 atom stereocenters. The molecule has 5 nitrogen and oxygen atoms in total. The van der Waals surface area contributed by atoms with Crippen LogP contribution in [0, 0.1) is 0 Å². The molecule has 0 aliphatic rings. The summed E-state index contributed by atoms with van der Waals surface area (Å²) < 4.78 is 5.17. The number of hydrogen-bond acceptors (Lipinski definition) is 4. The minimum atomic E-state index is -0.554. The van der Waals surface area contributed by atoms with E-state index in [2.05, 4.69) is 5.32 Å². The molecule has 0 fully saturated rings. The molecule has 0 unspecified atom stereocenters. The second kappa shape index (κ2) is 12.5. The zero-order valence-corrected chi connectivity index (χ0v) is 19.3. The fourth-order valence-electron chi connectivity index (χ4n) is 2.83. The lowest BCUT2D eigenvalue weighted by Gasteiger charge is -2.28. The van der Waals surface area contributed by atoms with Gasteiger partial charge >= 0.3 is 0 Å². The molecule has 162 valence electrons. The minimum Gasteiger partial charge on any atom is -0.497 e. The smallest absolute Gasteiger partial charge is 0.242 e. The number of halogens is 1. The van der Waals surface area contributed by atoms with Crippen molar-refractivity contribution in [1.82, 2.24) is 10.2 Å². The number of rotatable bonds is 11. The zero-order chi connectivity index (χ0) is 21.9. The monoisotopic (exact) mass is 448 g/mol. The van der Waals surface area contributed by atoms with Crippen LogP contribution in [-0.4, -0.2) is 42.2 Å². The van der Waals surface area contributed by atoms with Crippen molar-refractivity contribution in [2.75, 3.05) is 19.4 Å². The van der Waals surface area contributed by atoms with Crippen LogP contribution in [0.1, 0.15) is 31.4 Å². The molecular weight excluding hydrogens is 420 g/mol. The number of methoxy groups -OCH3 is 1. The van der Waals surface area contributed by atoms with E-state index in [0.29, 0.717) is 29.6 Å². The maximum absolute atomic E-state index is 13.0. The first-order valence-corrected chi connectivity index (χ1v) is 11.5. The molecule has 0 heterocycles. The summed E-state index contributed by atoms with van der Waals surface area (Å²) in [6.07, 6.45) is 0.849. The quantitative estimate of drug-likeness (QED) is 0.548. The minimum absolute atomic E-state index is 0.0670. The Kier molecular flexibility index (Phi) is 10.0. The first kappa shape index (κ1) is 24.1. The Balaban J connectivity index is 2.02. The number of ether oxygens (including phenoxy) is 1. The van der Waals surface area contributed by atoms with Crippen molar-refractivity contribution >= 4 is 35.2 Å². The third-order valence-electron chi connectivity index (χ3n) is 4.64. The average molecular weight is 449 g/mol. The first-order valence-electron chi connectivity index (χ1n) is 9.97. The van der Waals surface area contributed by atoms with Crippen LogP contribution >= 0.6 is 23.4 Å². The Bertz CT molecular complexity index is 812. The van der Waals surface area contributed by atoms with Crippen molar-refractivity contribution in [3.8, 4) is 5.75 Å². The highest BCUT2D eigenvalue weighted by molar-refractivity contribution is 7.99. The van der Waals surface area contributed by atoms with Crippen LogP contribution in [0.3, 0.4) is 0 Å². The third kappa shape index (κ3) is 7.58. The summed E-state index contributed by atoms with van der Waals surface area (Å²) >= 11 is 7.50. The molecule has 7 heteroatoms. The van der Waals surface area contributed by atoms with Crippen molar-refractivity contribution in [1.29, 1.82) is 0 Å². The van der Waals surface area contributed by atoms with E-state index in [1.807, 2.05) is 43.3 Å². The summed E-state index contributed by atoms with van der Waals surface area (Å²) in [6.45, 7) is 4.72. The maximum atomic E-state index is 13.0. The normalized spacial score (nSPS) is 11.6. The Morgan fingerprint density at radius 2 is 1.73 bits per heavy atom. The van der Waals surface area contributed by atoms with E-state index >= 15 is 0 Å². The maximum Gasteiger partial charge on any atom is 0.242 e. The van der Waals surface area contributed by atoms with E-state index in [9.17, 15) is 9.59 Å². The molecule has 30 heavy (non-hydrogen) atoms. The first-order chi connectivity index (χ1) is 14.4. The summed E-state index contributed by atoms with van der Waals surface area (Å²) in [4.78, 5) is 27.1. The fourth-order valence-corrected chi connectivity index (χ4v) is 3.82. The molecule has 0 aliphatic carbocycles. The van der Waals surface area contributed by atoms with Crippen LogP contribution < -0.4 is 10.1 Å². The van der Waals surface area contributed by atoms with Crippen molar-refractivity contribution in [3.05, 3.63) is 64.7 Å². The van der Waals surface area contributed by atoms with Gasteiger partial charge in [-0.2, -0.15) is 0 Å². The molecule has 0 saturated carbocycles. The SMILES string of the molecule is CCCNC(=O)[C@@H](C)N(Cc1ccc(Cl)cc1)C(=O)CSCc1ccc(OC)cc1. The standard InChI is InChI=1S/C23H29ClN2O3S/c1-4-13-25-23(28)17(2)26(14-18-5-9-20(24)10-6-18)22(27)16-30-15-19-7-11-21(29-3)12-8-19/h5-12,17H,4,13-16H2,1-3H3,(H,25,28)/t17-/m1/s1. The molecule has 0 aliphatic heterocycles. The predicted octanol–water partition coefficient (Wildman–Crippen LogP) is 4.53. The second-order valence-corrected chi connectivity index (χ2v) is 8.38. The lowest BCUT2D eigenvalue weighted by molar-refractivity contribution is -0.138. The second-order valence-electron chi connectivity index (χ2n) is 6.96. The lowest BCUT2D eigenvalue weighted by Crippen LogP contribution is -2.48. The van der Waals surface area contributed by atoms with Crippen LogP contribution in [0.25, 0.3) is 0 Å². The van der Waals surface area contributed by atoms with Gasteiger partial charge in [0.1, 0.15) is 11.8 Å². The van der Waals surface area contributed by atoms with Crippen LogP contribution in [0.2, 0.25) is 5.02 Å². The van der Waals surface area contributed by atoms with Gasteiger partial charge in [-0.3, -0.25) is 9.59 Å². The Hall–Kier alpha value is -2.18. The highest BCUT2D eigenvalue weighted by Gasteiger charge is 2.25. The topological polar surface area (TPSA) is 58.6 Å². The van der Waals surface area contributed by atoms with Crippen LogP contribution in [0.5, 0.6) is 5.75 Å². The van der Waals surface area contributed by atoms with E-state index in [1.165, 1.54) is 11.8 Å². The molecule has 2 aromatic rings. The summed E-state index contributed by atoms with van der Waals surface area (Å²) in [5.41, 5.74) is 2.05. The Labute approximate surface area is 188 Å². The number of benzene rings is 2. The molecule has 0 aromatic heterocycles. The van der Waals surface area contributed by atoms with Gasteiger partial charge in [-0.1, -0.05) is 42.8 Å². The van der Waals surface area contributed by atoms with Crippen molar-refractivity contribution in [2.45, 2.75) is 38.6 Å². The van der Waals surface area contributed by atoms with Gasteiger partial charge in [0.2, 0.25) is 11.8 Å². The number of hydrogen-bond donors (Lipinski definition) is 1. The number of carbonyl (C=O) groups is 2. The van der Waals surface area contributed by atoms with Gasteiger partial charge < -0.3 is 15.0 Å². The molecule has 1 N–H and O–H groups in total. The average Bonchev–Trinajstić information content (AvgIpc) is 2.76. The summed E-state index contributed by atoms with van der Waals surface area (Å²) in [5, 5.41) is 3.52. The molecule has 2 amide bonds. The molecule has 0 radical (unpaired) electrons. The van der Waals surface area contributed by atoms with E-state index < -0.39 is 6.04 Å². The predicted molar refractivity (Wildman–Crippen MR) is 124 cm³/mol. The molecule has 2 aromatic carbocycles. The number of nitrogens with zero attached hydrogens (tertiary/aromatic N) is 1. The van der Waals surface area contributed by atoms with Gasteiger partial charge in [0.05, 0.1) is 12.9 Å². The summed E-state index contributed by atoms with van der Waals surface area (Å²) in [5.74, 6) is 1.61. The molecule has 0 spiro atoms. The largest absolute Gasteiger partial charge is 0.497 e. The van der Waals surface area contributed by atoms with Gasteiger partial charge in [-0.05, 0) is 48.7 Å². The van der Waals surface area contributed by atoms with Crippen molar-refractivity contribution in [3.63, 3.8) is 0 Å². The van der Waals surface area contributed by atoms with Crippen LogP contribution in [-0.2, 0) is 21.9 Å². The highest BCUT2D eigenvalue weighted by Crippen LogP contribution is 2.19. The van der Waals surface area contributed by atoms with Gasteiger partial charge in [0, 0.05) is 23.9 Å². The summed E-state index contributed by atoms with van der Waals surface area (Å²) in [6, 6.07) is 14.6. The molecule has 2 rings (SSSR count). The molecule has 0 saturated heterocycles. The number of amides is 2.